The van der Waals surface area contributed by atoms with Crippen LogP contribution in [0.25, 0.3) is 22.5 Å². The molecule has 206 valence electrons. The first-order valence-electron chi connectivity index (χ1n) is 13.4. The zero-order valence-electron chi connectivity index (χ0n) is 22.7. The van der Waals surface area contributed by atoms with Crippen LogP contribution in [0, 0.1) is 6.92 Å². The molecular formula is C32H33BrN4O3. The molecule has 7 nitrogen and oxygen atoms in total. The molecule has 3 aromatic carbocycles. The second kappa shape index (κ2) is 13.3. The maximum atomic E-state index is 13.8. The lowest BCUT2D eigenvalue weighted by molar-refractivity contribution is 0.388. The molecular weight excluding hydrogens is 568 g/mol. The van der Waals surface area contributed by atoms with E-state index in [0.717, 1.165) is 65.0 Å². The summed E-state index contributed by atoms with van der Waals surface area (Å²) in [6, 6.07) is 26.1. The van der Waals surface area contributed by atoms with Gasteiger partial charge in [0, 0.05) is 24.1 Å². The van der Waals surface area contributed by atoms with Gasteiger partial charge in [0.25, 0.3) is 5.56 Å². The zero-order valence-corrected chi connectivity index (χ0v) is 24.4. The fourth-order valence-corrected chi connectivity index (χ4v) is 4.93. The summed E-state index contributed by atoms with van der Waals surface area (Å²) in [5.74, 6) is 0.570. The Morgan fingerprint density at radius 2 is 1.55 bits per heavy atom. The van der Waals surface area contributed by atoms with Gasteiger partial charge in [0.05, 0.1) is 5.69 Å². The molecule has 0 atom stereocenters. The molecule has 0 aliphatic heterocycles. The summed E-state index contributed by atoms with van der Waals surface area (Å²) in [5.41, 5.74) is 6.66. The molecule has 0 fully saturated rings. The Bertz CT molecular complexity index is 1670. The molecule has 0 radical (unpaired) electrons. The van der Waals surface area contributed by atoms with Crippen molar-refractivity contribution in [3.63, 3.8) is 0 Å². The molecule has 0 unspecified atom stereocenters. The van der Waals surface area contributed by atoms with E-state index >= 15 is 0 Å². The minimum absolute atomic E-state index is 0. The molecule has 0 aliphatic rings. The number of unbranched alkanes of at least 4 members (excludes halogenated alkanes) is 1. The summed E-state index contributed by atoms with van der Waals surface area (Å²) < 4.78 is 6.53. The molecule has 0 saturated heterocycles. The smallest absolute Gasteiger partial charge is 0.296 e. The number of hydrogen-bond donors (Lipinski definition) is 1. The van der Waals surface area contributed by atoms with Gasteiger partial charge in [0.15, 0.2) is 5.82 Å². The number of aryl methyl sites for hydroxylation is 3. The van der Waals surface area contributed by atoms with Gasteiger partial charge in [0.1, 0.15) is 5.82 Å². The van der Waals surface area contributed by atoms with E-state index in [4.69, 9.17) is 9.51 Å². The van der Waals surface area contributed by atoms with Gasteiger partial charge >= 0.3 is 5.76 Å². The Kier molecular flexibility index (Phi) is 9.66. The predicted molar refractivity (Wildman–Crippen MR) is 163 cm³/mol. The molecule has 2 aromatic heterocycles. The number of nitrogens with zero attached hydrogens (tertiary/aromatic N) is 3. The van der Waals surface area contributed by atoms with Crippen molar-refractivity contribution in [3.8, 4) is 22.5 Å². The molecule has 0 spiro atoms. The van der Waals surface area contributed by atoms with Crippen LogP contribution < -0.4 is 11.3 Å². The second-order valence-electron chi connectivity index (χ2n) is 9.74. The first-order chi connectivity index (χ1) is 19.0. The largest absolute Gasteiger partial charge is 0.439 e. The number of benzene rings is 3. The Hall–Kier alpha value is -4.04. The minimum atomic E-state index is -0.588. The standard InChI is InChI=1S/C32H32N4O3.BrH/c1-3-4-14-29-28(31(37)36(22(2)33-29)20-19-23-10-6-5-7-11-23)21-24-15-17-25(18-16-24)26-12-8-9-13-27(26)30-34-32(38)39-35-30;/h5-13,15-18H,3-4,14,19-21H2,1-2H3,(H,34,35,38);1H. The molecule has 0 aliphatic carbocycles. The average Bonchev–Trinajstić information content (AvgIpc) is 3.40. The molecule has 2 heterocycles. The fourth-order valence-electron chi connectivity index (χ4n) is 4.93. The minimum Gasteiger partial charge on any atom is -0.296 e. The van der Waals surface area contributed by atoms with E-state index in [-0.39, 0.29) is 22.5 Å². The monoisotopic (exact) mass is 600 g/mol. The number of nitrogens with one attached hydrogen (secondary N) is 1. The highest BCUT2D eigenvalue weighted by Crippen LogP contribution is 2.30. The van der Waals surface area contributed by atoms with Gasteiger partial charge in [-0.15, -0.1) is 17.0 Å². The van der Waals surface area contributed by atoms with E-state index in [2.05, 4.69) is 41.3 Å². The lowest BCUT2D eigenvalue weighted by Crippen LogP contribution is -2.30. The van der Waals surface area contributed by atoms with Gasteiger partial charge in [-0.2, -0.15) is 0 Å². The van der Waals surface area contributed by atoms with Crippen LogP contribution in [0.15, 0.2) is 93.0 Å². The number of aromatic nitrogens is 4. The molecule has 0 bridgehead atoms. The maximum Gasteiger partial charge on any atom is 0.439 e. The van der Waals surface area contributed by atoms with Gasteiger partial charge in [-0.25, -0.2) is 9.78 Å². The van der Waals surface area contributed by atoms with E-state index in [1.54, 1.807) is 0 Å². The normalized spacial score (nSPS) is 10.8. The summed E-state index contributed by atoms with van der Waals surface area (Å²) in [7, 11) is 0. The van der Waals surface area contributed by atoms with E-state index < -0.39 is 5.76 Å². The number of halogens is 1. The number of H-pyrrole nitrogens is 1. The number of aromatic amines is 1. The van der Waals surface area contributed by atoms with Gasteiger partial charge < -0.3 is 0 Å². The second-order valence-corrected chi connectivity index (χ2v) is 9.74. The highest BCUT2D eigenvalue weighted by atomic mass is 79.9. The van der Waals surface area contributed by atoms with Crippen LogP contribution in [0.4, 0.5) is 0 Å². The third-order valence-electron chi connectivity index (χ3n) is 7.04. The van der Waals surface area contributed by atoms with E-state index in [1.807, 2.05) is 66.1 Å². The Labute approximate surface area is 243 Å². The Morgan fingerprint density at radius 3 is 2.23 bits per heavy atom. The highest BCUT2D eigenvalue weighted by Gasteiger charge is 2.16. The lowest BCUT2D eigenvalue weighted by atomic mass is 9.96. The van der Waals surface area contributed by atoms with Gasteiger partial charge in [0.2, 0.25) is 0 Å². The van der Waals surface area contributed by atoms with Crippen molar-refractivity contribution >= 4 is 17.0 Å². The van der Waals surface area contributed by atoms with Crippen LogP contribution in [0.1, 0.15) is 48.0 Å². The van der Waals surface area contributed by atoms with Gasteiger partial charge in [-0.3, -0.25) is 18.9 Å². The van der Waals surface area contributed by atoms with E-state index in [0.29, 0.717) is 18.8 Å². The van der Waals surface area contributed by atoms with Crippen molar-refractivity contribution < 1.29 is 4.52 Å². The third-order valence-corrected chi connectivity index (χ3v) is 7.04. The molecule has 5 rings (SSSR count). The first kappa shape index (κ1) is 29.0. The summed E-state index contributed by atoms with van der Waals surface area (Å²) in [6.07, 6.45) is 4.13. The summed E-state index contributed by atoms with van der Waals surface area (Å²) >= 11 is 0. The molecule has 1 N–H and O–H groups in total. The fraction of sp³-hybridized carbons (Fsp3) is 0.250. The highest BCUT2D eigenvalue weighted by molar-refractivity contribution is 8.93. The van der Waals surface area contributed by atoms with Crippen LogP contribution in [-0.4, -0.2) is 19.7 Å². The van der Waals surface area contributed by atoms with Crippen molar-refractivity contribution in [1.82, 2.24) is 19.7 Å². The molecule has 40 heavy (non-hydrogen) atoms. The van der Waals surface area contributed by atoms with Gasteiger partial charge in [-0.05, 0) is 48.4 Å². The summed E-state index contributed by atoms with van der Waals surface area (Å²) in [6.45, 7) is 4.68. The van der Waals surface area contributed by atoms with Crippen molar-refractivity contribution in [2.75, 3.05) is 0 Å². The Balaban J connectivity index is 0.00000370. The molecule has 0 saturated carbocycles. The number of rotatable bonds is 10. The molecule has 5 aromatic rings. The van der Waals surface area contributed by atoms with Crippen molar-refractivity contribution in [3.05, 3.63) is 128 Å². The van der Waals surface area contributed by atoms with E-state index in [1.165, 1.54) is 5.56 Å². The third kappa shape index (κ3) is 6.57. The van der Waals surface area contributed by atoms with Crippen LogP contribution in [0.5, 0.6) is 0 Å². The van der Waals surface area contributed by atoms with Crippen LogP contribution in [0.2, 0.25) is 0 Å². The molecule has 0 amide bonds. The van der Waals surface area contributed by atoms with E-state index in [9.17, 15) is 9.59 Å². The average molecular weight is 602 g/mol. The first-order valence-corrected chi connectivity index (χ1v) is 13.4. The van der Waals surface area contributed by atoms with Crippen molar-refractivity contribution in [2.45, 2.75) is 52.5 Å². The van der Waals surface area contributed by atoms with Gasteiger partial charge in [-0.1, -0.05) is 97.4 Å². The van der Waals surface area contributed by atoms with Crippen LogP contribution in [0.3, 0.4) is 0 Å². The topological polar surface area (TPSA) is 93.8 Å². The SMILES string of the molecule is Br.CCCCc1nc(C)n(CCc2ccccc2)c(=O)c1Cc1ccc(-c2ccccc2-c2noc(=O)[nH]2)cc1. The predicted octanol–water partition coefficient (Wildman–Crippen LogP) is 6.32. The number of hydrogen-bond acceptors (Lipinski definition) is 5. The lowest BCUT2D eigenvalue weighted by Gasteiger charge is -2.16. The van der Waals surface area contributed by atoms with Crippen molar-refractivity contribution in [1.29, 1.82) is 0 Å². The summed E-state index contributed by atoms with van der Waals surface area (Å²) in [4.78, 5) is 32.8. The van der Waals surface area contributed by atoms with Crippen molar-refractivity contribution in [2.24, 2.45) is 0 Å². The molecule has 8 heteroatoms. The quantitative estimate of drug-likeness (QED) is 0.202. The van der Waals surface area contributed by atoms with Crippen LogP contribution >= 0.6 is 17.0 Å². The Morgan fingerprint density at radius 1 is 0.850 bits per heavy atom. The zero-order chi connectivity index (χ0) is 27.2. The maximum absolute atomic E-state index is 13.8. The summed E-state index contributed by atoms with van der Waals surface area (Å²) in [5, 5.41) is 3.85. The van der Waals surface area contributed by atoms with Crippen LogP contribution in [-0.2, 0) is 25.8 Å².